The van der Waals surface area contributed by atoms with Gasteiger partial charge in [0.15, 0.2) is 0 Å². The number of halogens is 3. The molecule has 2 aliphatic heterocycles. The second-order valence-electron chi connectivity index (χ2n) is 5.95. The molecule has 0 bridgehead atoms. The molecule has 0 radical (unpaired) electrons. The van der Waals surface area contributed by atoms with E-state index in [1.807, 2.05) is 6.92 Å². The minimum absolute atomic E-state index is 0.169. The average Bonchev–Trinajstić information content (AvgIpc) is 2.26. The Labute approximate surface area is 106 Å². The Bertz CT molecular complexity index is 295. The van der Waals surface area contributed by atoms with E-state index < -0.39 is 11.6 Å². The van der Waals surface area contributed by atoms with Crippen molar-refractivity contribution in [2.24, 2.45) is 11.3 Å². The van der Waals surface area contributed by atoms with E-state index in [9.17, 15) is 13.2 Å². The highest BCUT2D eigenvalue weighted by atomic mass is 19.4. The Morgan fingerprint density at radius 2 is 1.78 bits per heavy atom. The molecule has 0 aliphatic carbocycles. The van der Waals surface area contributed by atoms with E-state index in [0.717, 1.165) is 0 Å². The Morgan fingerprint density at radius 1 is 1.22 bits per heavy atom. The molecule has 2 atom stereocenters. The molecule has 0 saturated carbocycles. The summed E-state index contributed by atoms with van der Waals surface area (Å²) in [7, 11) is 0. The first kappa shape index (κ1) is 14.1. The minimum atomic E-state index is -4.09. The second-order valence-corrected chi connectivity index (χ2v) is 5.95. The molecule has 5 heteroatoms. The van der Waals surface area contributed by atoms with Crippen molar-refractivity contribution < 1.29 is 17.9 Å². The van der Waals surface area contributed by atoms with E-state index in [0.29, 0.717) is 25.7 Å². The van der Waals surface area contributed by atoms with Crippen LogP contribution in [-0.2, 0) is 4.74 Å². The summed E-state index contributed by atoms with van der Waals surface area (Å²) >= 11 is 0. The lowest BCUT2D eigenvalue weighted by Crippen LogP contribution is -2.60. The number of likely N-dealkylation sites (tertiary alicyclic amines) is 1. The molecule has 0 aromatic rings. The quantitative estimate of drug-likeness (QED) is 0.761. The fourth-order valence-electron chi connectivity index (χ4n) is 3.22. The SMILES string of the molecule is CC1OCC1N1CCC(C(C)C)(C(F)(F)F)CC1. The molecule has 106 valence electrons. The Hall–Kier alpha value is -0.290. The van der Waals surface area contributed by atoms with E-state index in [2.05, 4.69) is 4.90 Å². The first-order valence-electron chi connectivity index (χ1n) is 6.70. The normalized spacial score (nSPS) is 33.5. The monoisotopic (exact) mass is 265 g/mol. The highest BCUT2D eigenvalue weighted by Crippen LogP contribution is 2.51. The maximum atomic E-state index is 13.3. The molecule has 18 heavy (non-hydrogen) atoms. The molecule has 2 rings (SSSR count). The number of hydrogen-bond donors (Lipinski definition) is 0. The van der Waals surface area contributed by atoms with Gasteiger partial charge in [-0.05, 0) is 38.8 Å². The lowest BCUT2D eigenvalue weighted by molar-refractivity contribution is -0.259. The first-order chi connectivity index (χ1) is 8.28. The summed E-state index contributed by atoms with van der Waals surface area (Å²) in [6, 6.07) is 0.323. The number of alkyl halides is 3. The fourth-order valence-corrected chi connectivity index (χ4v) is 3.22. The van der Waals surface area contributed by atoms with Crippen LogP contribution < -0.4 is 0 Å². The van der Waals surface area contributed by atoms with Gasteiger partial charge in [0.2, 0.25) is 0 Å². The number of rotatable bonds is 2. The zero-order chi connectivity index (χ0) is 13.6. The number of piperidine rings is 1. The summed E-state index contributed by atoms with van der Waals surface area (Å²) in [5, 5.41) is 0. The molecule has 2 saturated heterocycles. The van der Waals surface area contributed by atoms with Crippen LogP contribution in [0.3, 0.4) is 0 Å². The van der Waals surface area contributed by atoms with Crippen molar-refractivity contribution in [3.63, 3.8) is 0 Å². The molecule has 2 heterocycles. The van der Waals surface area contributed by atoms with Gasteiger partial charge in [-0.25, -0.2) is 0 Å². The third-order valence-corrected chi connectivity index (χ3v) is 4.90. The van der Waals surface area contributed by atoms with Crippen molar-refractivity contribution in [3.05, 3.63) is 0 Å². The van der Waals surface area contributed by atoms with Gasteiger partial charge in [0.25, 0.3) is 0 Å². The van der Waals surface area contributed by atoms with Crippen molar-refractivity contribution in [3.8, 4) is 0 Å². The van der Waals surface area contributed by atoms with Crippen LogP contribution in [0.2, 0.25) is 0 Å². The van der Waals surface area contributed by atoms with Gasteiger partial charge in [-0.3, -0.25) is 4.90 Å². The van der Waals surface area contributed by atoms with Crippen molar-refractivity contribution in [2.75, 3.05) is 19.7 Å². The lowest BCUT2D eigenvalue weighted by atomic mass is 9.69. The smallest absolute Gasteiger partial charge is 0.375 e. The molecule has 0 amide bonds. The van der Waals surface area contributed by atoms with Crippen molar-refractivity contribution in [1.82, 2.24) is 4.90 Å². The highest BCUT2D eigenvalue weighted by molar-refractivity contribution is 4.97. The molecule has 0 N–H and O–H groups in total. The second kappa shape index (κ2) is 4.67. The summed E-state index contributed by atoms with van der Waals surface area (Å²) in [6.45, 7) is 7.12. The highest BCUT2D eigenvalue weighted by Gasteiger charge is 2.57. The molecule has 2 unspecified atom stereocenters. The summed E-state index contributed by atoms with van der Waals surface area (Å²) in [6.07, 6.45) is -3.48. The number of nitrogens with zero attached hydrogens (tertiary/aromatic N) is 1. The van der Waals surface area contributed by atoms with Crippen molar-refractivity contribution in [1.29, 1.82) is 0 Å². The van der Waals surface area contributed by atoms with E-state index in [-0.39, 0.29) is 24.9 Å². The van der Waals surface area contributed by atoms with Gasteiger partial charge in [0, 0.05) is 0 Å². The predicted octanol–water partition coefficient (Wildman–Crippen LogP) is 3.07. The van der Waals surface area contributed by atoms with Crippen LogP contribution in [0.5, 0.6) is 0 Å². The molecule has 2 fully saturated rings. The third kappa shape index (κ3) is 2.16. The molecule has 0 aromatic carbocycles. The summed E-state index contributed by atoms with van der Waals surface area (Å²) < 4.78 is 45.2. The molecular formula is C13H22F3NO. The summed E-state index contributed by atoms with van der Waals surface area (Å²) in [5.74, 6) is -0.352. The Kier molecular flexibility index (Phi) is 3.67. The lowest BCUT2D eigenvalue weighted by Gasteiger charge is -2.50. The van der Waals surface area contributed by atoms with E-state index >= 15 is 0 Å². The van der Waals surface area contributed by atoms with Gasteiger partial charge < -0.3 is 4.74 Å². The van der Waals surface area contributed by atoms with Crippen molar-refractivity contribution in [2.45, 2.75) is 51.9 Å². The van der Waals surface area contributed by atoms with Crippen LogP contribution in [0.1, 0.15) is 33.6 Å². The molecule has 0 aromatic heterocycles. The first-order valence-corrected chi connectivity index (χ1v) is 6.70. The van der Waals surface area contributed by atoms with Crippen LogP contribution in [-0.4, -0.2) is 42.9 Å². The summed E-state index contributed by atoms with van der Waals surface area (Å²) in [5.41, 5.74) is -1.49. The van der Waals surface area contributed by atoms with Gasteiger partial charge in [-0.15, -0.1) is 0 Å². The van der Waals surface area contributed by atoms with Crippen LogP contribution in [0.25, 0.3) is 0 Å². The van der Waals surface area contributed by atoms with Gasteiger partial charge in [0.1, 0.15) is 0 Å². The zero-order valence-corrected chi connectivity index (χ0v) is 11.3. The van der Waals surface area contributed by atoms with Crippen LogP contribution in [0, 0.1) is 11.3 Å². The van der Waals surface area contributed by atoms with Gasteiger partial charge in [-0.2, -0.15) is 13.2 Å². The van der Waals surface area contributed by atoms with E-state index in [4.69, 9.17) is 4.74 Å². The number of hydrogen-bond acceptors (Lipinski definition) is 2. The van der Waals surface area contributed by atoms with Crippen LogP contribution >= 0.6 is 0 Å². The topological polar surface area (TPSA) is 12.5 Å². The number of ether oxygens (including phenoxy) is 1. The maximum Gasteiger partial charge on any atom is 0.394 e. The molecular weight excluding hydrogens is 243 g/mol. The van der Waals surface area contributed by atoms with Crippen LogP contribution in [0.15, 0.2) is 0 Å². The van der Waals surface area contributed by atoms with E-state index in [1.165, 1.54) is 0 Å². The molecule has 0 spiro atoms. The predicted molar refractivity (Wildman–Crippen MR) is 63.3 cm³/mol. The Morgan fingerprint density at radius 3 is 2.06 bits per heavy atom. The van der Waals surface area contributed by atoms with Gasteiger partial charge >= 0.3 is 6.18 Å². The Balaban J connectivity index is 2.02. The molecule has 2 aliphatic rings. The standard InChI is InChI=1S/C13H22F3NO/c1-9(2)12(13(14,15)16)4-6-17(7-5-12)11-8-18-10(11)3/h9-11H,4-8H2,1-3H3. The third-order valence-electron chi connectivity index (χ3n) is 4.90. The van der Waals surface area contributed by atoms with Crippen molar-refractivity contribution >= 4 is 0 Å². The fraction of sp³-hybridized carbons (Fsp3) is 1.00. The molecule has 2 nitrogen and oxygen atoms in total. The maximum absolute atomic E-state index is 13.3. The van der Waals surface area contributed by atoms with Crippen LogP contribution in [0.4, 0.5) is 13.2 Å². The summed E-state index contributed by atoms with van der Waals surface area (Å²) in [4.78, 5) is 2.17. The van der Waals surface area contributed by atoms with Gasteiger partial charge in [-0.1, -0.05) is 13.8 Å². The average molecular weight is 265 g/mol. The zero-order valence-electron chi connectivity index (χ0n) is 11.3. The largest absolute Gasteiger partial charge is 0.394 e. The minimum Gasteiger partial charge on any atom is -0.375 e. The van der Waals surface area contributed by atoms with Gasteiger partial charge in [0.05, 0.1) is 24.2 Å². The van der Waals surface area contributed by atoms with E-state index in [1.54, 1.807) is 13.8 Å².